The van der Waals surface area contributed by atoms with Gasteiger partial charge in [-0.25, -0.2) is 9.78 Å². The Balaban J connectivity index is 2.07. The van der Waals surface area contributed by atoms with Crippen molar-refractivity contribution < 1.29 is 19.1 Å². The third-order valence-electron chi connectivity index (χ3n) is 2.54. The lowest BCUT2D eigenvalue weighted by Crippen LogP contribution is -2.12. The highest BCUT2D eigenvalue weighted by molar-refractivity contribution is 7.14. The van der Waals surface area contributed by atoms with Gasteiger partial charge in [-0.1, -0.05) is 6.07 Å². The largest absolute Gasteiger partial charge is 0.497 e. The molecule has 2 aromatic rings. The molecule has 0 saturated heterocycles. The molecular weight excluding hydrogens is 292 g/mol. The van der Waals surface area contributed by atoms with Crippen LogP contribution in [0.2, 0.25) is 0 Å². The third-order valence-corrected chi connectivity index (χ3v) is 3.30. The fourth-order valence-electron chi connectivity index (χ4n) is 1.56. The van der Waals surface area contributed by atoms with Gasteiger partial charge in [0.05, 0.1) is 13.7 Å². The van der Waals surface area contributed by atoms with Gasteiger partial charge < -0.3 is 9.47 Å². The summed E-state index contributed by atoms with van der Waals surface area (Å²) >= 11 is 1.16. The maximum Gasteiger partial charge on any atom is 0.357 e. The summed E-state index contributed by atoms with van der Waals surface area (Å²) in [5.74, 6) is -0.233. The molecule has 21 heavy (non-hydrogen) atoms. The van der Waals surface area contributed by atoms with Crippen molar-refractivity contribution in [3.8, 4) is 5.75 Å². The topological polar surface area (TPSA) is 77.5 Å². The number of carbonyl (C=O) groups excluding carboxylic acids is 2. The van der Waals surface area contributed by atoms with Crippen molar-refractivity contribution in [1.82, 2.24) is 4.98 Å². The summed E-state index contributed by atoms with van der Waals surface area (Å²) in [4.78, 5) is 27.6. The molecule has 0 radical (unpaired) electrons. The van der Waals surface area contributed by atoms with Gasteiger partial charge in [0.15, 0.2) is 10.8 Å². The van der Waals surface area contributed by atoms with Crippen LogP contribution in [0.25, 0.3) is 0 Å². The number of rotatable bonds is 5. The third kappa shape index (κ3) is 3.79. The number of esters is 1. The van der Waals surface area contributed by atoms with Crippen LogP contribution in [0.1, 0.15) is 27.8 Å². The monoisotopic (exact) mass is 306 g/mol. The van der Waals surface area contributed by atoms with Crippen LogP contribution in [-0.2, 0) is 4.74 Å². The van der Waals surface area contributed by atoms with Crippen molar-refractivity contribution >= 4 is 28.3 Å². The molecule has 6 nitrogen and oxygen atoms in total. The van der Waals surface area contributed by atoms with E-state index in [4.69, 9.17) is 9.47 Å². The van der Waals surface area contributed by atoms with Crippen LogP contribution in [0.4, 0.5) is 5.13 Å². The molecule has 0 aliphatic carbocycles. The minimum atomic E-state index is -0.504. The molecule has 2 rings (SSSR count). The molecule has 0 bridgehead atoms. The Bertz CT molecular complexity index is 654. The van der Waals surface area contributed by atoms with Gasteiger partial charge in [-0.3, -0.25) is 10.1 Å². The average molecular weight is 306 g/mol. The van der Waals surface area contributed by atoms with Gasteiger partial charge in [-0.15, -0.1) is 11.3 Å². The lowest BCUT2D eigenvalue weighted by Gasteiger charge is -2.04. The molecule has 1 aromatic heterocycles. The summed E-state index contributed by atoms with van der Waals surface area (Å²) in [6.07, 6.45) is 0. The van der Waals surface area contributed by atoms with Gasteiger partial charge in [0.25, 0.3) is 5.91 Å². The predicted molar refractivity (Wildman–Crippen MR) is 79.0 cm³/mol. The molecule has 1 heterocycles. The van der Waals surface area contributed by atoms with Gasteiger partial charge in [-0.2, -0.15) is 0 Å². The first-order valence-electron chi connectivity index (χ1n) is 6.22. The number of amides is 1. The van der Waals surface area contributed by atoms with Gasteiger partial charge in [-0.05, 0) is 25.1 Å². The Morgan fingerprint density at radius 3 is 2.90 bits per heavy atom. The fraction of sp³-hybridized carbons (Fsp3) is 0.214. The van der Waals surface area contributed by atoms with Gasteiger partial charge >= 0.3 is 5.97 Å². The van der Waals surface area contributed by atoms with Crippen LogP contribution in [0.15, 0.2) is 29.6 Å². The van der Waals surface area contributed by atoms with Crippen LogP contribution in [-0.4, -0.2) is 30.6 Å². The van der Waals surface area contributed by atoms with E-state index in [0.717, 1.165) is 11.3 Å². The highest BCUT2D eigenvalue weighted by Gasteiger charge is 2.14. The molecule has 0 atom stereocenters. The molecule has 0 spiro atoms. The Morgan fingerprint density at radius 1 is 1.38 bits per heavy atom. The Kier molecular flexibility index (Phi) is 4.89. The quantitative estimate of drug-likeness (QED) is 0.859. The number of carbonyl (C=O) groups is 2. The fourth-order valence-corrected chi connectivity index (χ4v) is 2.24. The molecule has 110 valence electrons. The Hall–Kier alpha value is -2.41. The molecule has 0 fully saturated rings. The number of ether oxygens (including phenoxy) is 2. The summed E-state index contributed by atoms with van der Waals surface area (Å²) in [5.41, 5.74) is 0.630. The number of benzene rings is 1. The highest BCUT2D eigenvalue weighted by Crippen LogP contribution is 2.18. The molecule has 7 heteroatoms. The average Bonchev–Trinajstić information content (AvgIpc) is 2.96. The molecule has 0 aliphatic heterocycles. The molecule has 1 amide bonds. The first-order valence-corrected chi connectivity index (χ1v) is 7.10. The van der Waals surface area contributed by atoms with Crippen LogP contribution in [0.5, 0.6) is 5.75 Å². The highest BCUT2D eigenvalue weighted by atomic mass is 32.1. The van der Waals surface area contributed by atoms with E-state index in [1.807, 2.05) is 0 Å². The SMILES string of the molecule is CCOC(=O)c1csc(NC(=O)c2cccc(OC)c2)n1. The van der Waals surface area contributed by atoms with E-state index in [1.165, 1.54) is 7.11 Å². The van der Waals surface area contributed by atoms with E-state index in [-0.39, 0.29) is 18.2 Å². The van der Waals surface area contributed by atoms with Crippen molar-refractivity contribution in [1.29, 1.82) is 0 Å². The maximum absolute atomic E-state index is 12.1. The number of nitrogens with zero attached hydrogens (tertiary/aromatic N) is 1. The first-order chi connectivity index (χ1) is 10.1. The first kappa shape index (κ1) is 15.0. The van der Waals surface area contributed by atoms with Gasteiger partial charge in [0.1, 0.15) is 5.75 Å². The van der Waals surface area contributed by atoms with E-state index in [9.17, 15) is 9.59 Å². The zero-order valence-corrected chi connectivity index (χ0v) is 12.4. The van der Waals surface area contributed by atoms with Crippen LogP contribution in [0, 0.1) is 0 Å². The summed E-state index contributed by atoms with van der Waals surface area (Å²) in [5, 5.41) is 4.51. The van der Waals surface area contributed by atoms with E-state index in [0.29, 0.717) is 16.4 Å². The number of thiazole rings is 1. The zero-order valence-electron chi connectivity index (χ0n) is 11.6. The number of anilines is 1. The molecule has 1 aromatic carbocycles. The van der Waals surface area contributed by atoms with Crippen molar-refractivity contribution in [2.24, 2.45) is 0 Å². The zero-order chi connectivity index (χ0) is 15.2. The number of methoxy groups -OCH3 is 1. The summed E-state index contributed by atoms with van der Waals surface area (Å²) in [7, 11) is 1.53. The van der Waals surface area contributed by atoms with Crippen molar-refractivity contribution in [2.75, 3.05) is 19.0 Å². The molecule has 1 N–H and O–H groups in total. The van der Waals surface area contributed by atoms with E-state index >= 15 is 0 Å². The van der Waals surface area contributed by atoms with Gasteiger partial charge in [0, 0.05) is 10.9 Å². The number of aromatic nitrogens is 1. The normalized spacial score (nSPS) is 10.0. The van der Waals surface area contributed by atoms with Gasteiger partial charge in [0.2, 0.25) is 0 Å². The molecule has 0 aliphatic rings. The van der Waals surface area contributed by atoms with Crippen molar-refractivity contribution in [3.05, 3.63) is 40.9 Å². The van der Waals surface area contributed by atoms with Crippen LogP contribution >= 0.6 is 11.3 Å². The van der Waals surface area contributed by atoms with Crippen molar-refractivity contribution in [2.45, 2.75) is 6.92 Å². The number of hydrogen-bond donors (Lipinski definition) is 1. The second-order valence-corrected chi connectivity index (χ2v) is 4.80. The lowest BCUT2D eigenvalue weighted by atomic mass is 10.2. The second-order valence-electron chi connectivity index (χ2n) is 3.94. The smallest absolute Gasteiger partial charge is 0.357 e. The molecule has 0 saturated carbocycles. The Morgan fingerprint density at radius 2 is 2.19 bits per heavy atom. The molecule has 0 unspecified atom stereocenters. The summed E-state index contributed by atoms with van der Waals surface area (Å²) < 4.78 is 9.90. The van der Waals surface area contributed by atoms with Crippen LogP contribution in [0.3, 0.4) is 0 Å². The Labute approximate surface area is 125 Å². The van der Waals surface area contributed by atoms with E-state index in [2.05, 4.69) is 10.3 Å². The van der Waals surface area contributed by atoms with E-state index in [1.54, 1.807) is 36.6 Å². The predicted octanol–water partition coefficient (Wildman–Crippen LogP) is 2.58. The lowest BCUT2D eigenvalue weighted by molar-refractivity contribution is 0.0520. The standard InChI is InChI=1S/C14H14N2O4S/c1-3-20-13(18)11-8-21-14(15-11)16-12(17)9-5-4-6-10(7-9)19-2/h4-8H,3H2,1-2H3,(H,15,16,17). The number of hydrogen-bond acceptors (Lipinski definition) is 6. The number of nitrogens with one attached hydrogen (secondary N) is 1. The van der Waals surface area contributed by atoms with Crippen molar-refractivity contribution in [3.63, 3.8) is 0 Å². The minimum Gasteiger partial charge on any atom is -0.497 e. The second kappa shape index (κ2) is 6.85. The minimum absolute atomic E-state index is 0.183. The summed E-state index contributed by atoms with van der Waals surface area (Å²) in [6, 6.07) is 6.76. The molecular formula is C14H14N2O4S. The summed E-state index contributed by atoms with van der Waals surface area (Å²) in [6.45, 7) is 2.00. The van der Waals surface area contributed by atoms with Crippen LogP contribution < -0.4 is 10.1 Å². The van der Waals surface area contributed by atoms with E-state index < -0.39 is 5.97 Å². The maximum atomic E-state index is 12.1.